The van der Waals surface area contributed by atoms with Gasteiger partial charge in [0.05, 0.1) is 0 Å². The second kappa shape index (κ2) is 5.15. The standard InChI is InChI=1S/C14H23N3/c1-4-14(3)11-15-5-6-17(14)10-13-7-12(2)8-16-9-13/h7-9,15H,4-6,10-11H2,1-3H3. The van der Waals surface area contributed by atoms with Crippen molar-refractivity contribution in [2.75, 3.05) is 19.6 Å². The Balaban J connectivity index is 2.11. The lowest BCUT2D eigenvalue weighted by atomic mass is 9.93. The van der Waals surface area contributed by atoms with Gasteiger partial charge in [0.2, 0.25) is 0 Å². The van der Waals surface area contributed by atoms with E-state index in [-0.39, 0.29) is 5.54 Å². The fraction of sp³-hybridized carbons (Fsp3) is 0.643. The summed E-state index contributed by atoms with van der Waals surface area (Å²) in [7, 11) is 0. The Morgan fingerprint density at radius 3 is 3.00 bits per heavy atom. The predicted molar refractivity (Wildman–Crippen MR) is 70.9 cm³/mol. The van der Waals surface area contributed by atoms with Crippen molar-refractivity contribution < 1.29 is 0 Å². The van der Waals surface area contributed by atoms with Crippen molar-refractivity contribution >= 4 is 0 Å². The van der Waals surface area contributed by atoms with Crippen LogP contribution in [-0.2, 0) is 6.54 Å². The van der Waals surface area contributed by atoms with E-state index in [9.17, 15) is 0 Å². The third kappa shape index (κ3) is 2.85. The fourth-order valence-corrected chi connectivity index (χ4v) is 2.50. The first kappa shape index (κ1) is 12.5. The van der Waals surface area contributed by atoms with Gasteiger partial charge in [-0.05, 0) is 31.4 Å². The third-order valence-corrected chi connectivity index (χ3v) is 3.89. The van der Waals surface area contributed by atoms with Crippen molar-refractivity contribution in [2.24, 2.45) is 0 Å². The molecule has 0 spiro atoms. The van der Waals surface area contributed by atoms with E-state index >= 15 is 0 Å². The molecular formula is C14H23N3. The smallest absolute Gasteiger partial charge is 0.0313 e. The van der Waals surface area contributed by atoms with Crippen LogP contribution in [-0.4, -0.2) is 35.1 Å². The maximum atomic E-state index is 4.28. The molecule has 17 heavy (non-hydrogen) atoms. The molecule has 1 aromatic heterocycles. The van der Waals surface area contributed by atoms with Gasteiger partial charge in [0.25, 0.3) is 0 Å². The largest absolute Gasteiger partial charge is 0.314 e. The van der Waals surface area contributed by atoms with Crippen LogP contribution in [0.15, 0.2) is 18.5 Å². The summed E-state index contributed by atoms with van der Waals surface area (Å²) in [5.41, 5.74) is 2.85. The molecule has 1 atom stereocenters. The minimum Gasteiger partial charge on any atom is -0.314 e. The van der Waals surface area contributed by atoms with Crippen LogP contribution in [0.1, 0.15) is 31.4 Å². The van der Waals surface area contributed by atoms with Crippen molar-refractivity contribution in [1.29, 1.82) is 0 Å². The van der Waals surface area contributed by atoms with E-state index in [1.807, 2.05) is 12.4 Å². The van der Waals surface area contributed by atoms with Crippen molar-refractivity contribution in [1.82, 2.24) is 15.2 Å². The molecule has 0 saturated carbocycles. The lowest BCUT2D eigenvalue weighted by Crippen LogP contribution is -2.58. The Morgan fingerprint density at radius 2 is 2.29 bits per heavy atom. The normalized spacial score (nSPS) is 26.1. The topological polar surface area (TPSA) is 28.2 Å². The Labute approximate surface area is 104 Å². The zero-order valence-corrected chi connectivity index (χ0v) is 11.2. The molecule has 3 heteroatoms. The van der Waals surface area contributed by atoms with Crippen molar-refractivity contribution in [3.05, 3.63) is 29.6 Å². The van der Waals surface area contributed by atoms with Crippen molar-refractivity contribution in [2.45, 2.75) is 39.3 Å². The molecule has 2 rings (SSSR count). The lowest BCUT2D eigenvalue weighted by Gasteiger charge is -2.45. The van der Waals surface area contributed by atoms with Crippen molar-refractivity contribution in [3.8, 4) is 0 Å². The zero-order chi connectivity index (χ0) is 12.3. The van der Waals surface area contributed by atoms with Gasteiger partial charge < -0.3 is 5.32 Å². The maximum absolute atomic E-state index is 4.28. The van der Waals surface area contributed by atoms with E-state index in [2.05, 4.69) is 42.0 Å². The van der Waals surface area contributed by atoms with Crippen LogP contribution < -0.4 is 5.32 Å². The van der Waals surface area contributed by atoms with Crippen LogP contribution in [0.3, 0.4) is 0 Å². The Hall–Kier alpha value is -0.930. The molecular weight excluding hydrogens is 210 g/mol. The first-order valence-corrected chi connectivity index (χ1v) is 6.50. The van der Waals surface area contributed by atoms with Gasteiger partial charge in [-0.3, -0.25) is 9.88 Å². The monoisotopic (exact) mass is 233 g/mol. The minimum atomic E-state index is 0.280. The van der Waals surface area contributed by atoms with Gasteiger partial charge in [0.15, 0.2) is 0 Å². The highest BCUT2D eigenvalue weighted by Crippen LogP contribution is 2.23. The van der Waals surface area contributed by atoms with E-state index in [0.29, 0.717) is 0 Å². The molecule has 1 N–H and O–H groups in total. The second-order valence-corrected chi connectivity index (χ2v) is 5.32. The SMILES string of the molecule is CCC1(C)CNCCN1Cc1cncc(C)c1. The minimum absolute atomic E-state index is 0.280. The number of pyridine rings is 1. The van der Waals surface area contributed by atoms with E-state index in [1.54, 1.807) is 0 Å². The summed E-state index contributed by atoms with van der Waals surface area (Å²) >= 11 is 0. The summed E-state index contributed by atoms with van der Waals surface area (Å²) in [4.78, 5) is 6.86. The molecule has 1 aliphatic rings. The average molecular weight is 233 g/mol. The van der Waals surface area contributed by atoms with Gasteiger partial charge >= 0.3 is 0 Å². The van der Waals surface area contributed by atoms with Gasteiger partial charge in [-0.2, -0.15) is 0 Å². The Bertz CT molecular complexity index is 377. The van der Waals surface area contributed by atoms with Crippen LogP contribution in [0, 0.1) is 6.92 Å². The number of hydrogen-bond donors (Lipinski definition) is 1. The molecule has 0 radical (unpaired) electrons. The number of aryl methyl sites for hydroxylation is 1. The molecule has 94 valence electrons. The number of hydrogen-bond acceptors (Lipinski definition) is 3. The summed E-state index contributed by atoms with van der Waals surface area (Å²) in [5, 5.41) is 3.50. The van der Waals surface area contributed by atoms with Crippen LogP contribution in [0.4, 0.5) is 0 Å². The van der Waals surface area contributed by atoms with E-state index < -0.39 is 0 Å². The Kier molecular flexibility index (Phi) is 3.79. The molecule has 0 bridgehead atoms. The zero-order valence-electron chi connectivity index (χ0n) is 11.2. The van der Waals surface area contributed by atoms with E-state index in [1.165, 1.54) is 17.5 Å². The molecule has 1 fully saturated rings. The van der Waals surface area contributed by atoms with Gasteiger partial charge in [0, 0.05) is 44.1 Å². The molecule has 1 saturated heterocycles. The van der Waals surface area contributed by atoms with Crippen LogP contribution in [0.25, 0.3) is 0 Å². The number of nitrogens with one attached hydrogen (secondary N) is 1. The molecule has 1 aromatic rings. The lowest BCUT2D eigenvalue weighted by molar-refractivity contribution is 0.0636. The van der Waals surface area contributed by atoms with Gasteiger partial charge in [-0.25, -0.2) is 0 Å². The highest BCUT2D eigenvalue weighted by atomic mass is 15.2. The molecule has 0 aliphatic carbocycles. The number of aromatic nitrogens is 1. The molecule has 0 aromatic carbocycles. The molecule has 3 nitrogen and oxygen atoms in total. The summed E-state index contributed by atoms with van der Waals surface area (Å²) in [6.07, 6.45) is 5.09. The number of piperazine rings is 1. The number of nitrogens with zero attached hydrogens (tertiary/aromatic N) is 2. The first-order chi connectivity index (χ1) is 8.14. The third-order valence-electron chi connectivity index (χ3n) is 3.89. The molecule has 0 amide bonds. The van der Waals surface area contributed by atoms with Crippen LogP contribution >= 0.6 is 0 Å². The van der Waals surface area contributed by atoms with Crippen molar-refractivity contribution in [3.63, 3.8) is 0 Å². The highest BCUT2D eigenvalue weighted by Gasteiger charge is 2.32. The van der Waals surface area contributed by atoms with Crippen LogP contribution in [0.5, 0.6) is 0 Å². The first-order valence-electron chi connectivity index (χ1n) is 6.50. The summed E-state index contributed by atoms with van der Waals surface area (Å²) < 4.78 is 0. The molecule has 2 heterocycles. The van der Waals surface area contributed by atoms with E-state index in [0.717, 1.165) is 26.2 Å². The fourth-order valence-electron chi connectivity index (χ4n) is 2.50. The second-order valence-electron chi connectivity index (χ2n) is 5.32. The van der Waals surface area contributed by atoms with E-state index in [4.69, 9.17) is 0 Å². The summed E-state index contributed by atoms with van der Waals surface area (Å²) in [6, 6.07) is 2.24. The molecule has 1 unspecified atom stereocenters. The quantitative estimate of drug-likeness (QED) is 0.865. The van der Waals surface area contributed by atoms with Gasteiger partial charge in [-0.15, -0.1) is 0 Å². The average Bonchev–Trinajstić information content (AvgIpc) is 2.32. The van der Waals surface area contributed by atoms with Crippen LogP contribution in [0.2, 0.25) is 0 Å². The van der Waals surface area contributed by atoms with Gasteiger partial charge in [-0.1, -0.05) is 13.0 Å². The number of rotatable bonds is 3. The summed E-state index contributed by atoms with van der Waals surface area (Å²) in [6.45, 7) is 11.0. The summed E-state index contributed by atoms with van der Waals surface area (Å²) in [5.74, 6) is 0. The van der Waals surface area contributed by atoms with Gasteiger partial charge in [0.1, 0.15) is 0 Å². The predicted octanol–water partition coefficient (Wildman–Crippen LogP) is 1.96. The highest BCUT2D eigenvalue weighted by molar-refractivity contribution is 5.17. The molecule has 1 aliphatic heterocycles. The maximum Gasteiger partial charge on any atom is 0.0313 e. The Morgan fingerprint density at radius 1 is 1.47 bits per heavy atom.